The molecule has 0 unspecified atom stereocenters. The molecular weight excluding hydrogens is 406 g/mol. The number of nitrogens with zero attached hydrogens (tertiary/aromatic N) is 2. The monoisotopic (exact) mass is 435 g/mol. The first-order chi connectivity index (χ1) is 14.4. The molecule has 1 saturated carbocycles. The Balaban J connectivity index is 1.54. The maximum Gasteiger partial charge on any atom is 0.265 e. The summed E-state index contributed by atoms with van der Waals surface area (Å²) >= 11 is 0. The summed E-state index contributed by atoms with van der Waals surface area (Å²) in [7, 11) is -3.65. The minimum absolute atomic E-state index is 0.124. The molecule has 1 aliphatic carbocycles. The highest BCUT2D eigenvalue weighted by Gasteiger charge is 2.32. The standard InChI is InChI=1S/C21H29N3O5S/c25-20(22-16-7-3-1-4-8-16)14-24-18-13-17(9-10-19(18)29-15-21(24)26)30(27,28)23-11-5-2-6-12-23/h9-10,13,16H,1-8,11-12,14-15H2,(H,22,25). The lowest BCUT2D eigenvalue weighted by Crippen LogP contribution is -2.47. The first-order valence-electron chi connectivity index (χ1n) is 10.8. The van der Waals surface area contributed by atoms with Gasteiger partial charge in [0, 0.05) is 19.1 Å². The second-order valence-corrected chi connectivity index (χ2v) is 10.2. The van der Waals surface area contributed by atoms with E-state index in [4.69, 9.17) is 4.74 Å². The number of benzene rings is 1. The Hall–Kier alpha value is -2.13. The van der Waals surface area contributed by atoms with E-state index in [2.05, 4.69) is 5.32 Å². The predicted octanol–water partition coefficient (Wildman–Crippen LogP) is 2.04. The summed E-state index contributed by atoms with van der Waals surface area (Å²) in [6.07, 6.45) is 8.02. The van der Waals surface area contributed by atoms with Crippen LogP contribution in [-0.4, -0.2) is 56.8 Å². The molecule has 8 nitrogen and oxygen atoms in total. The number of carbonyl (C=O) groups is 2. The highest BCUT2D eigenvalue weighted by atomic mass is 32.2. The van der Waals surface area contributed by atoms with Crippen molar-refractivity contribution < 1.29 is 22.7 Å². The fourth-order valence-corrected chi connectivity index (χ4v) is 5.97. The van der Waals surface area contributed by atoms with Crippen molar-refractivity contribution in [3.05, 3.63) is 18.2 Å². The van der Waals surface area contributed by atoms with Gasteiger partial charge in [-0.15, -0.1) is 0 Å². The summed E-state index contributed by atoms with van der Waals surface area (Å²) in [5, 5.41) is 3.01. The molecule has 9 heteroatoms. The van der Waals surface area contributed by atoms with Gasteiger partial charge >= 0.3 is 0 Å². The average Bonchev–Trinajstić information content (AvgIpc) is 2.76. The van der Waals surface area contributed by atoms with Crippen LogP contribution in [0.15, 0.2) is 23.1 Å². The third-order valence-corrected chi connectivity index (χ3v) is 7.99. The van der Waals surface area contributed by atoms with Gasteiger partial charge in [-0.3, -0.25) is 14.5 Å². The lowest BCUT2D eigenvalue weighted by Gasteiger charge is -2.31. The SMILES string of the molecule is O=C(CN1C(=O)COc2ccc(S(=O)(=O)N3CCCCC3)cc21)NC1CCCCC1. The summed E-state index contributed by atoms with van der Waals surface area (Å²) in [6, 6.07) is 4.70. The number of fused-ring (bicyclic) bond motifs is 1. The number of anilines is 1. The van der Waals surface area contributed by atoms with Gasteiger partial charge in [0.25, 0.3) is 5.91 Å². The number of nitrogens with one attached hydrogen (secondary N) is 1. The van der Waals surface area contributed by atoms with E-state index in [1.54, 1.807) is 6.07 Å². The van der Waals surface area contributed by atoms with Crippen molar-refractivity contribution in [1.82, 2.24) is 9.62 Å². The molecule has 0 aromatic heterocycles. The quantitative estimate of drug-likeness (QED) is 0.764. The molecule has 2 fully saturated rings. The lowest BCUT2D eigenvalue weighted by molar-refractivity contribution is -0.125. The van der Waals surface area contributed by atoms with Crippen LogP contribution in [-0.2, 0) is 19.6 Å². The van der Waals surface area contributed by atoms with Crippen molar-refractivity contribution in [2.24, 2.45) is 0 Å². The molecule has 4 rings (SSSR count). The third-order valence-electron chi connectivity index (χ3n) is 6.10. The van der Waals surface area contributed by atoms with Crippen LogP contribution in [0, 0.1) is 0 Å². The molecule has 0 radical (unpaired) electrons. The van der Waals surface area contributed by atoms with Gasteiger partial charge in [-0.05, 0) is 43.9 Å². The van der Waals surface area contributed by atoms with Crippen molar-refractivity contribution in [1.29, 1.82) is 0 Å². The third kappa shape index (κ3) is 4.46. The second kappa shape index (κ2) is 8.93. The molecule has 2 amide bonds. The van der Waals surface area contributed by atoms with E-state index in [1.807, 2.05) is 0 Å². The Morgan fingerprint density at radius 2 is 1.77 bits per heavy atom. The lowest BCUT2D eigenvalue weighted by atomic mass is 9.95. The molecule has 2 aliphatic heterocycles. The molecule has 164 valence electrons. The average molecular weight is 436 g/mol. The number of sulfonamides is 1. The van der Waals surface area contributed by atoms with Crippen LogP contribution in [0.3, 0.4) is 0 Å². The van der Waals surface area contributed by atoms with Crippen molar-refractivity contribution in [3.63, 3.8) is 0 Å². The molecule has 1 saturated heterocycles. The fourth-order valence-electron chi connectivity index (χ4n) is 4.43. The maximum absolute atomic E-state index is 13.0. The first kappa shape index (κ1) is 21.1. The Kier molecular flexibility index (Phi) is 6.29. The van der Waals surface area contributed by atoms with Crippen LogP contribution < -0.4 is 15.0 Å². The molecule has 1 aromatic rings. The minimum Gasteiger partial charge on any atom is -0.482 e. The van der Waals surface area contributed by atoms with Gasteiger partial charge in [0.2, 0.25) is 15.9 Å². The van der Waals surface area contributed by atoms with E-state index >= 15 is 0 Å². The number of hydrogen-bond acceptors (Lipinski definition) is 5. The topological polar surface area (TPSA) is 96.0 Å². The normalized spacial score (nSPS) is 21.1. The van der Waals surface area contributed by atoms with Crippen molar-refractivity contribution in [2.45, 2.75) is 62.3 Å². The summed E-state index contributed by atoms with van der Waals surface area (Å²) in [5.74, 6) is -0.168. The van der Waals surface area contributed by atoms with Crippen LogP contribution in [0.5, 0.6) is 5.75 Å². The van der Waals surface area contributed by atoms with Gasteiger partial charge < -0.3 is 10.1 Å². The van der Waals surface area contributed by atoms with Gasteiger partial charge in [-0.1, -0.05) is 25.7 Å². The summed E-state index contributed by atoms with van der Waals surface area (Å²) in [4.78, 5) is 26.6. The van der Waals surface area contributed by atoms with E-state index < -0.39 is 10.0 Å². The molecule has 2 heterocycles. The smallest absolute Gasteiger partial charge is 0.265 e. The van der Waals surface area contributed by atoms with E-state index in [0.717, 1.165) is 44.9 Å². The van der Waals surface area contributed by atoms with E-state index in [9.17, 15) is 18.0 Å². The zero-order chi connectivity index (χ0) is 21.1. The Morgan fingerprint density at radius 1 is 1.07 bits per heavy atom. The Labute approximate surface area is 177 Å². The van der Waals surface area contributed by atoms with Crippen LogP contribution in [0.1, 0.15) is 51.4 Å². The zero-order valence-electron chi connectivity index (χ0n) is 17.1. The van der Waals surface area contributed by atoms with Crippen LogP contribution >= 0.6 is 0 Å². The number of ether oxygens (including phenoxy) is 1. The van der Waals surface area contributed by atoms with Crippen molar-refractivity contribution >= 4 is 27.5 Å². The van der Waals surface area contributed by atoms with Crippen LogP contribution in [0.4, 0.5) is 5.69 Å². The van der Waals surface area contributed by atoms with Gasteiger partial charge in [-0.2, -0.15) is 4.31 Å². The summed E-state index contributed by atoms with van der Waals surface area (Å²) in [5.41, 5.74) is 0.336. The number of piperidine rings is 1. The predicted molar refractivity (Wildman–Crippen MR) is 112 cm³/mol. The van der Waals surface area contributed by atoms with E-state index in [1.165, 1.54) is 27.8 Å². The van der Waals surface area contributed by atoms with Crippen molar-refractivity contribution in [2.75, 3.05) is 31.1 Å². The van der Waals surface area contributed by atoms with Gasteiger partial charge in [-0.25, -0.2) is 8.42 Å². The zero-order valence-corrected chi connectivity index (χ0v) is 18.0. The Bertz CT molecular complexity index is 905. The highest BCUT2D eigenvalue weighted by Crippen LogP contribution is 2.35. The number of carbonyl (C=O) groups excluding carboxylic acids is 2. The van der Waals surface area contributed by atoms with Gasteiger partial charge in [0.05, 0.1) is 10.6 Å². The minimum atomic E-state index is -3.65. The van der Waals surface area contributed by atoms with E-state index in [0.29, 0.717) is 24.5 Å². The maximum atomic E-state index is 13.0. The van der Waals surface area contributed by atoms with Crippen LogP contribution in [0.25, 0.3) is 0 Å². The molecule has 0 bridgehead atoms. The van der Waals surface area contributed by atoms with Crippen molar-refractivity contribution in [3.8, 4) is 5.75 Å². The number of hydrogen-bond donors (Lipinski definition) is 1. The Morgan fingerprint density at radius 3 is 2.50 bits per heavy atom. The fraction of sp³-hybridized carbons (Fsp3) is 0.619. The molecule has 0 spiro atoms. The van der Waals surface area contributed by atoms with Gasteiger partial charge in [0.15, 0.2) is 6.61 Å². The second-order valence-electron chi connectivity index (χ2n) is 8.27. The summed E-state index contributed by atoms with van der Waals surface area (Å²) < 4.78 is 33.1. The summed E-state index contributed by atoms with van der Waals surface area (Å²) in [6.45, 7) is 0.700. The molecule has 1 aromatic carbocycles. The molecule has 0 atom stereocenters. The number of amides is 2. The van der Waals surface area contributed by atoms with E-state index in [-0.39, 0.29) is 35.9 Å². The molecule has 3 aliphatic rings. The highest BCUT2D eigenvalue weighted by molar-refractivity contribution is 7.89. The molecule has 30 heavy (non-hydrogen) atoms. The largest absolute Gasteiger partial charge is 0.482 e. The first-order valence-corrected chi connectivity index (χ1v) is 12.3. The molecular formula is C21H29N3O5S. The number of rotatable bonds is 5. The van der Waals surface area contributed by atoms with Gasteiger partial charge in [0.1, 0.15) is 12.3 Å². The molecule has 1 N–H and O–H groups in total. The van der Waals surface area contributed by atoms with Crippen LogP contribution in [0.2, 0.25) is 0 Å².